The summed E-state index contributed by atoms with van der Waals surface area (Å²) in [5.41, 5.74) is 1.26. The minimum Gasteiger partial charge on any atom is -0.410 e. The Hall–Kier alpha value is -1.26. The van der Waals surface area contributed by atoms with Crippen molar-refractivity contribution >= 4 is 18.5 Å². The average molecular weight is 369 g/mol. The maximum Gasteiger partial charge on any atom is 0.415 e. The third-order valence-corrected chi connectivity index (χ3v) is 4.89. The largest absolute Gasteiger partial charge is 0.415 e. The minimum absolute atomic E-state index is 0. The van der Waals surface area contributed by atoms with Crippen LogP contribution in [0, 0.1) is 5.92 Å². The van der Waals surface area contributed by atoms with Gasteiger partial charge in [-0.1, -0.05) is 26.0 Å². The number of benzene rings is 1. The van der Waals surface area contributed by atoms with Crippen molar-refractivity contribution in [3.05, 3.63) is 29.8 Å². The monoisotopic (exact) mass is 368 g/mol. The number of amides is 1. The molecule has 142 valence electrons. The first kappa shape index (κ1) is 21.8. The second-order valence-electron chi connectivity index (χ2n) is 7.24. The zero-order valence-electron chi connectivity index (χ0n) is 16.0. The molecule has 4 nitrogen and oxygen atoms in total. The number of carbonyl (C=O) groups excluding carboxylic acids is 1. The predicted octanol–water partition coefficient (Wildman–Crippen LogP) is 4.78. The number of rotatable bonds is 6. The summed E-state index contributed by atoms with van der Waals surface area (Å²) in [7, 11) is 4.22. The Morgan fingerprint density at radius 3 is 2.52 bits per heavy atom. The summed E-state index contributed by atoms with van der Waals surface area (Å²) in [6.07, 6.45) is 4.24. The minimum atomic E-state index is -0.207. The lowest BCUT2D eigenvalue weighted by molar-refractivity contribution is 0.142. The molecule has 2 atom stereocenters. The van der Waals surface area contributed by atoms with Crippen molar-refractivity contribution in [3.63, 3.8) is 0 Å². The smallest absolute Gasteiger partial charge is 0.410 e. The number of piperidine rings is 1. The van der Waals surface area contributed by atoms with Crippen molar-refractivity contribution in [2.45, 2.75) is 45.4 Å². The first-order chi connectivity index (χ1) is 11.5. The van der Waals surface area contributed by atoms with Crippen molar-refractivity contribution in [1.29, 1.82) is 0 Å². The molecule has 1 aliphatic heterocycles. The number of ether oxygens (including phenoxy) is 1. The molecule has 0 bridgehead atoms. The molecule has 1 aromatic rings. The van der Waals surface area contributed by atoms with Crippen LogP contribution in [0.2, 0.25) is 0 Å². The summed E-state index contributed by atoms with van der Waals surface area (Å²) in [6, 6.07) is 8.08. The van der Waals surface area contributed by atoms with E-state index in [0.29, 0.717) is 17.6 Å². The van der Waals surface area contributed by atoms with E-state index in [0.717, 1.165) is 38.9 Å². The highest BCUT2D eigenvalue weighted by Gasteiger charge is 2.21. The van der Waals surface area contributed by atoms with Crippen molar-refractivity contribution in [2.24, 2.45) is 5.92 Å². The van der Waals surface area contributed by atoms with Crippen molar-refractivity contribution in [1.82, 2.24) is 9.80 Å². The van der Waals surface area contributed by atoms with Gasteiger partial charge in [-0.05, 0) is 69.3 Å². The molecule has 0 aromatic heterocycles. The lowest BCUT2D eigenvalue weighted by Crippen LogP contribution is -2.37. The Bertz CT molecular complexity index is 530. The van der Waals surface area contributed by atoms with E-state index in [9.17, 15) is 4.79 Å². The second kappa shape index (κ2) is 10.7. The first-order valence-corrected chi connectivity index (χ1v) is 9.22. The average Bonchev–Trinajstić information content (AvgIpc) is 2.56. The number of halogens is 1. The fourth-order valence-corrected chi connectivity index (χ4v) is 3.72. The summed E-state index contributed by atoms with van der Waals surface area (Å²) < 4.78 is 5.63. The van der Waals surface area contributed by atoms with E-state index in [1.807, 2.05) is 23.1 Å². The Balaban J connectivity index is 0.00000312. The molecule has 0 radical (unpaired) electrons. The Labute approximate surface area is 158 Å². The maximum atomic E-state index is 12.3. The van der Waals surface area contributed by atoms with Crippen LogP contribution in [-0.4, -0.2) is 49.6 Å². The van der Waals surface area contributed by atoms with Gasteiger partial charge in [-0.3, -0.25) is 0 Å². The van der Waals surface area contributed by atoms with Crippen molar-refractivity contribution < 1.29 is 9.53 Å². The number of likely N-dealkylation sites (tertiary alicyclic amines) is 1. The summed E-state index contributed by atoms with van der Waals surface area (Å²) in [5, 5.41) is 0. The summed E-state index contributed by atoms with van der Waals surface area (Å²) >= 11 is 0. The summed E-state index contributed by atoms with van der Waals surface area (Å²) in [4.78, 5) is 16.3. The lowest BCUT2D eigenvalue weighted by Gasteiger charge is -2.27. The van der Waals surface area contributed by atoms with E-state index >= 15 is 0 Å². The van der Waals surface area contributed by atoms with Gasteiger partial charge in [0.1, 0.15) is 5.75 Å². The van der Waals surface area contributed by atoms with Gasteiger partial charge in [0.05, 0.1) is 0 Å². The number of nitrogens with zero attached hydrogens (tertiary/aromatic N) is 2. The SMILES string of the molecule is CC[C@@H](c1cccc(OC(=O)N2CCCCC2)c1)[C@@H](C)CN(C)C.Cl. The van der Waals surface area contributed by atoms with E-state index in [1.165, 1.54) is 12.0 Å². The normalized spacial score (nSPS) is 16.9. The summed E-state index contributed by atoms with van der Waals surface area (Å²) in [5.74, 6) is 1.69. The highest BCUT2D eigenvalue weighted by atomic mass is 35.5. The fourth-order valence-electron chi connectivity index (χ4n) is 3.72. The highest BCUT2D eigenvalue weighted by molar-refractivity contribution is 5.85. The van der Waals surface area contributed by atoms with Gasteiger partial charge in [0.25, 0.3) is 0 Å². The third kappa shape index (κ3) is 6.52. The van der Waals surface area contributed by atoms with Gasteiger partial charge in [-0.2, -0.15) is 0 Å². The molecule has 25 heavy (non-hydrogen) atoms. The topological polar surface area (TPSA) is 32.8 Å². The van der Waals surface area contributed by atoms with Crippen LogP contribution in [0.4, 0.5) is 4.79 Å². The molecule has 1 saturated heterocycles. The first-order valence-electron chi connectivity index (χ1n) is 9.22. The van der Waals surface area contributed by atoms with Gasteiger partial charge in [0, 0.05) is 19.6 Å². The van der Waals surface area contributed by atoms with E-state index in [4.69, 9.17) is 4.74 Å². The van der Waals surface area contributed by atoms with Gasteiger partial charge in [-0.25, -0.2) is 4.79 Å². The molecule has 5 heteroatoms. The predicted molar refractivity (Wildman–Crippen MR) is 106 cm³/mol. The van der Waals surface area contributed by atoms with Gasteiger partial charge in [0.15, 0.2) is 0 Å². The number of carbonyl (C=O) groups is 1. The van der Waals surface area contributed by atoms with E-state index in [2.05, 4.69) is 38.9 Å². The molecular weight excluding hydrogens is 336 g/mol. The molecule has 1 heterocycles. The fraction of sp³-hybridized carbons (Fsp3) is 0.650. The van der Waals surface area contributed by atoms with Gasteiger partial charge < -0.3 is 14.5 Å². The molecule has 1 fully saturated rings. The van der Waals surface area contributed by atoms with Gasteiger partial charge in [-0.15, -0.1) is 12.4 Å². The molecule has 1 amide bonds. The second-order valence-corrected chi connectivity index (χ2v) is 7.24. The van der Waals surface area contributed by atoms with E-state index < -0.39 is 0 Å². The molecule has 2 rings (SSSR count). The Morgan fingerprint density at radius 2 is 1.92 bits per heavy atom. The quantitative estimate of drug-likeness (QED) is 0.724. The molecule has 1 aromatic carbocycles. The third-order valence-electron chi connectivity index (χ3n) is 4.89. The Morgan fingerprint density at radius 1 is 1.24 bits per heavy atom. The van der Waals surface area contributed by atoms with E-state index in [1.54, 1.807) is 0 Å². The van der Waals surface area contributed by atoms with E-state index in [-0.39, 0.29) is 18.5 Å². The van der Waals surface area contributed by atoms with Crippen LogP contribution in [-0.2, 0) is 0 Å². The lowest BCUT2D eigenvalue weighted by atomic mass is 9.85. The number of hydrogen-bond donors (Lipinski definition) is 0. The molecular formula is C20H33ClN2O2. The van der Waals surface area contributed by atoms with Crippen LogP contribution in [0.5, 0.6) is 5.75 Å². The van der Waals surface area contributed by atoms with Gasteiger partial charge >= 0.3 is 6.09 Å². The Kier molecular flexibility index (Phi) is 9.30. The molecule has 0 N–H and O–H groups in total. The number of hydrogen-bond acceptors (Lipinski definition) is 3. The van der Waals surface area contributed by atoms with Crippen molar-refractivity contribution in [3.8, 4) is 5.75 Å². The molecule has 0 aliphatic carbocycles. The molecule has 0 unspecified atom stereocenters. The van der Waals surface area contributed by atoms with Crippen LogP contribution in [0.25, 0.3) is 0 Å². The van der Waals surface area contributed by atoms with Crippen molar-refractivity contribution in [2.75, 3.05) is 33.7 Å². The van der Waals surface area contributed by atoms with Crippen LogP contribution in [0.3, 0.4) is 0 Å². The molecule has 0 spiro atoms. The zero-order valence-corrected chi connectivity index (χ0v) is 16.8. The highest BCUT2D eigenvalue weighted by Crippen LogP contribution is 2.30. The van der Waals surface area contributed by atoms with Crippen LogP contribution in [0.1, 0.15) is 51.0 Å². The van der Waals surface area contributed by atoms with Crippen LogP contribution < -0.4 is 4.74 Å². The van der Waals surface area contributed by atoms with Crippen LogP contribution in [0.15, 0.2) is 24.3 Å². The van der Waals surface area contributed by atoms with Gasteiger partial charge in [0.2, 0.25) is 0 Å². The summed E-state index contributed by atoms with van der Waals surface area (Å²) in [6.45, 7) is 7.20. The zero-order chi connectivity index (χ0) is 17.5. The molecule has 0 saturated carbocycles. The standard InChI is InChI=1S/C20H32N2O2.ClH/c1-5-19(16(2)15-21(3)4)17-10-9-11-18(14-17)24-20(23)22-12-7-6-8-13-22;/h9-11,14,16,19H,5-8,12-13,15H2,1-4H3;1H/t16-,19+;/m0./s1. The molecule has 1 aliphatic rings. The van der Waals surface area contributed by atoms with Crippen LogP contribution >= 0.6 is 12.4 Å². The maximum absolute atomic E-state index is 12.3.